The van der Waals surface area contributed by atoms with Gasteiger partial charge in [-0.1, -0.05) is 98.9 Å². The van der Waals surface area contributed by atoms with E-state index >= 15 is 0 Å². The first kappa shape index (κ1) is 52.7. The highest BCUT2D eigenvalue weighted by atomic mass is 32.1. The predicted octanol–water partition coefficient (Wildman–Crippen LogP) is 5.64. The van der Waals surface area contributed by atoms with Crippen LogP contribution in [0.15, 0.2) is 24.3 Å². The van der Waals surface area contributed by atoms with E-state index in [1.54, 1.807) is 6.26 Å². The second-order valence-corrected chi connectivity index (χ2v) is 13.5. The van der Waals surface area contributed by atoms with E-state index in [1.165, 1.54) is 37.3 Å². The molecule has 0 radical (unpaired) electrons. The van der Waals surface area contributed by atoms with E-state index in [9.17, 15) is 28.8 Å². The summed E-state index contributed by atoms with van der Waals surface area (Å²) in [5.74, 6) is -0.724. The Hall–Kier alpha value is -3.61. The number of likely N-dealkylation sites (tertiary alicyclic amines) is 1. The molecule has 300 valence electrons. The number of rotatable bonds is 9. The summed E-state index contributed by atoms with van der Waals surface area (Å²) in [4.78, 5) is 66.7. The topological polar surface area (TPSA) is 177 Å². The molecule has 0 aromatic heterocycles. The zero-order chi connectivity index (χ0) is 40.9. The van der Waals surface area contributed by atoms with Crippen LogP contribution in [-0.4, -0.2) is 85.0 Å². The zero-order valence-corrected chi connectivity index (χ0v) is 34.9. The van der Waals surface area contributed by atoms with Crippen LogP contribution in [-0.2, 0) is 41.6 Å². The summed E-state index contributed by atoms with van der Waals surface area (Å²) in [5, 5.41) is 7.59. The summed E-state index contributed by atoms with van der Waals surface area (Å²) in [6.45, 7) is 23.6. The zero-order valence-electron chi connectivity index (χ0n) is 34.0. The van der Waals surface area contributed by atoms with Crippen molar-refractivity contribution < 1.29 is 33.5 Å². The lowest BCUT2D eigenvalue weighted by molar-refractivity contribution is -0.137. The summed E-state index contributed by atoms with van der Waals surface area (Å²) in [5.41, 5.74) is 6.94. The maximum atomic E-state index is 12.6. The molecule has 12 nitrogen and oxygen atoms in total. The van der Waals surface area contributed by atoms with Crippen LogP contribution in [0.5, 0.6) is 0 Å². The third-order valence-electron chi connectivity index (χ3n) is 7.64. The molecule has 4 rings (SSSR count). The normalized spacial score (nSPS) is 16.2. The number of Topliss-reactive ketones (excluding diaryl/α,β-unsaturated/α-hetero) is 1. The van der Waals surface area contributed by atoms with Crippen molar-refractivity contribution in [3.05, 3.63) is 35.4 Å². The Kier molecular flexibility index (Phi) is 31.4. The van der Waals surface area contributed by atoms with Gasteiger partial charge in [0, 0.05) is 32.0 Å². The quantitative estimate of drug-likeness (QED) is 0.123. The second-order valence-electron chi connectivity index (χ2n) is 13.5. The monoisotopic (exact) mass is 754 g/mol. The van der Waals surface area contributed by atoms with Gasteiger partial charge in [0.2, 0.25) is 18.1 Å². The summed E-state index contributed by atoms with van der Waals surface area (Å²) in [6, 6.07) is 6.89. The molecule has 3 unspecified atom stereocenters. The molecule has 13 heteroatoms. The van der Waals surface area contributed by atoms with E-state index < -0.39 is 23.8 Å². The highest BCUT2D eigenvalue weighted by Crippen LogP contribution is 2.27. The lowest BCUT2D eigenvalue weighted by atomic mass is 9.85. The minimum absolute atomic E-state index is 0.0313. The molecule has 1 heterocycles. The largest absolute Gasteiger partial charge is 0.464 e. The number of amides is 5. The van der Waals surface area contributed by atoms with E-state index in [1.807, 2.05) is 58.6 Å². The average molecular weight is 754 g/mol. The third kappa shape index (κ3) is 23.8. The minimum Gasteiger partial charge on any atom is -0.464 e. The molecule has 5 N–H and O–H groups in total. The number of ether oxygens (including phenoxy) is 1. The van der Waals surface area contributed by atoms with Crippen LogP contribution in [0.4, 0.5) is 4.79 Å². The van der Waals surface area contributed by atoms with Crippen molar-refractivity contribution in [3.8, 4) is 0 Å². The summed E-state index contributed by atoms with van der Waals surface area (Å²) in [6.07, 6.45) is 10.2. The van der Waals surface area contributed by atoms with Gasteiger partial charge in [-0.05, 0) is 62.3 Å². The van der Waals surface area contributed by atoms with Crippen LogP contribution >= 0.6 is 12.6 Å². The fourth-order valence-electron chi connectivity index (χ4n) is 4.67. The highest BCUT2D eigenvalue weighted by Gasteiger charge is 2.38. The number of carbonyl (C=O) groups is 6. The molecule has 1 aromatic carbocycles. The molecule has 2 aliphatic carbocycles. The summed E-state index contributed by atoms with van der Waals surface area (Å²) in [7, 11) is 0. The fourth-order valence-corrected chi connectivity index (χ4v) is 4.67. The number of hydrogen-bond donors (Lipinski definition) is 5. The van der Waals surface area contributed by atoms with Crippen molar-refractivity contribution in [2.24, 2.45) is 17.1 Å². The number of ketones is 1. The van der Waals surface area contributed by atoms with Crippen LogP contribution in [0.25, 0.3) is 0 Å². The molecule has 52 heavy (non-hydrogen) atoms. The van der Waals surface area contributed by atoms with Gasteiger partial charge < -0.3 is 31.3 Å². The Morgan fingerprint density at radius 1 is 0.981 bits per heavy atom. The van der Waals surface area contributed by atoms with Crippen molar-refractivity contribution in [2.75, 3.05) is 19.3 Å². The predicted molar refractivity (Wildman–Crippen MR) is 214 cm³/mol. The molecule has 0 spiro atoms. The maximum Gasteiger partial charge on any atom is 0.315 e. The highest BCUT2D eigenvalue weighted by molar-refractivity contribution is 7.79. The van der Waals surface area contributed by atoms with E-state index in [4.69, 9.17) is 4.74 Å². The van der Waals surface area contributed by atoms with Gasteiger partial charge in [-0.25, -0.2) is 4.79 Å². The Labute approximate surface area is 319 Å². The Bertz CT molecular complexity index is 1130. The summed E-state index contributed by atoms with van der Waals surface area (Å²) >= 11 is 3.53. The van der Waals surface area contributed by atoms with Gasteiger partial charge in [0.05, 0.1) is 6.04 Å². The van der Waals surface area contributed by atoms with E-state index in [0.717, 1.165) is 38.1 Å². The Balaban J connectivity index is -0.000000627. The number of nitrogens with zero attached hydrogens (tertiary/aromatic N) is 1. The Morgan fingerprint density at radius 3 is 1.79 bits per heavy atom. The van der Waals surface area contributed by atoms with Gasteiger partial charge in [-0.2, -0.15) is 12.6 Å². The van der Waals surface area contributed by atoms with Gasteiger partial charge in [0.1, 0.15) is 12.1 Å². The number of nitrogens with one attached hydrogen (secondary N) is 3. The molecule has 5 amide bonds. The van der Waals surface area contributed by atoms with Crippen molar-refractivity contribution in [1.82, 2.24) is 20.9 Å². The first-order chi connectivity index (χ1) is 24.6. The SMILES string of the molecule is CC.CC(NC=O)C(=O)C(N)=O.CC1CC1.CCC.CCNC(=O)NC(C(=O)N1CCCC1C)C(C)(C)C.CS.O=COC1Cc2ccccc2C1. The molecular weight excluding hydrogens is 683 g/mol. The third-order valence-corrected chi connectivity index (χ3v) is 7.64. The number of hydrogen-bond acceptors (Lipinski definition) is 8. The van der Waals surface area contributed by atoms with Gasteiger partial charge in [0.25, 0.3) is 12.4 Å². The summed E-state index contributed by atoms with van der Waals surface area (Å²) < 4.78 is 4.90. The number of carbonyl (C=O) groups excluding carboxylic acids is 6. The lowest BCUT2D eigenvalue weighted by Gasteiger charge is -2.35. The standard InChI is InChI=1S/C14H27N3O2.C10H10O2.C5H8N2O3.C4H8.C3H8.C2H6.CH4S/c1-6-15-13(19)16-11(14(3,4)5)12(18)17-9-7-8-10(17)2;11-7-12-10-5-8-3-1-2-4-9(8)6-10;1-3(7-2-8)4(9)5(6)10;1-4-2-3-4;1-3-2;2*1-2/h10-11H,6-9H2,1-5H3,(H2,15,16,19);1-4,7,10H,5-6H2;2-3H,1H3,(H2,6,10)(H,7,8);4H,2-3H2,1H3;3H2,1-2H3;1-2H3;2H,1H3. The first-order valence-corrected chi connectivity index (χ1v) is 19.5. The average Bonchev–Trinajstić information content (AvgIpc) is 3.58. The van der Waals surface area contributed by atoms with Crippen LogP contribution in [0.2, 0.25) is 0 Å². The maximum absolute atomic E-state index is 12.6. The molecular formula is C39H71N5O7S. The second kappa shape index (κ2) is 31.0. The van der Waals surface area contributed by atoms with Crippen LogP contribution in [0.1, 0.15) is 119 Å². The number of thiol groups is 1. The first-order valence-electron chi connectivity index (χ1n) is 18.6. The number of urea groups is 1. The molecule has 3 aliphatic rings. The Morgan fingerprint density at radius 2 is 1.46 bits per heavy atom. The molecule has 1 aromatic rings. The van der Waals surface area contributed by atoms with E-state index in [-0.39, 0.29) is 29.5 Å². The molecule has 1 saturated heterocycles. The number of primary amides is 1. The van der Waals surface area contributed by atoms with Gasteiger partial charge in [-0.15, -0.1) is 0 Å². The number of nitrogens with two attached hydrogens (primary N) is 1. The van der Waals surface area contributed by atoms with E-state index in [2.05, 4.69) is 74.1 Å². The van der Waals surface area contributed by atoms with Crippen molar-refractivity contribution >= 4 is 49.1 Å². The molecule has 0 bridgehead atoms. The lowest BCUT2D eigenvalue weighted by Crippen LogP contribution is -2.57. The van der Waals surface area contributed by atoms with Crippen LogP contribution in [0.3, 0.4) is 0 Å². The number of benzene rings is 1. The molecule has 1 saturated carbocycles. The van der Waals surface area contributed by atoms with Gasteiger partial charge in [0.15, 0.2) is 0 Å². The van der Waals surface area contributed by atoms with Gasteiger partial charge >= 0.3 is 6.03 Å². The molecule has 3 atom stereocenters. The van der Waals surface area contributed by atoms with Crippen LogP contribution in [0, 0.1) is 11.3 Å². The van der Waals surface area contributed by atoms with Crippen LogP contribution < -0.4 is 21.7 Å². The van der Waals surface area contributed by atoms with E-state index in [0.29, 0.717) is 19.4 Å². The minimum atomic E-state index is -1.04. The van der Waals surface area contributed by atoms with Crippen molar-refractivity contribution in [3.63, 3.8) is 0 Å². The van der Waals surface area contributed by atoms with Crippen molar-refractivity contribution in [2.45, 2.75) is 145 Å². The van der Waals surface area contributed by atoms with Gasteiger partial charge in [-0.3, -0.25) is 24.0 Å². The number of fused-ring (bicyclic) bond motifs is 1. The van der Waals surface area contributed by atoms with Crippen molar-refractivity contribution in [1.29, 1.82) is 0 Å². The molecule has 1 aliphatic heterocycles. The smallest absolute Gasteiger partial charge is 0.315 e. The molecule has 2 fully saturated rings. The fraction of sp³-hybridized carbons (Fsp3) is 0.692.